The fourth-order valence-electron chi connectivity index (χ4n) is 5.77. The highest BCUT2D eigenvalue weighted by Crippen LogP contribution is 2.20. The van der Waals surface area contributed by atoms with E-state index in [1.807, 2.05) is 13.8 Å². The zero-order valence-electron chi connectivity index (χ0n) is 31.1. The second-order valence-electron chi connectivity index (χ2n) is 13.3. The quantitative estimate of drug-likeness (QED) is 0.0404. The molecule has 1 atom stereocenters. The molecule has 0 aliphatic rings. The summed E-state index contributed by atoms with van der Waals surface area (Å²) in [6, 6.07) is 0.810. The van der Waals surface area contributed by atoms with E-state index in [0.29, 0.717) is 39.6 Å². The van der Waals surface area contributed by atoms with Crippen LogP contribution in [0.15, 0.2) is 0 Å². The van der Waals surface area contributed by atoms with Crippen LogP contribution in [-0.2, 0) is 27.5 Å². The van der Waals surface area contributed by atoms with Crippen molar-refractivity contribution in [3.05, 3.63) is 0 Å². The first-order chi connectivity index (χ1) is 22.4. The molecule has 0 spiro atoms. The molecule has 0 heterocycles. The number of rotatable bonds is 38. The third kappa shape index (κ3) is 28.8. The lowest BCUT2D eigenvalue weighted by molar-refractivity contribution is -0.890. The van der Waals surface area contributed by atoms with Gasteiger partial charge < -0.3 is 42.2 Å². The molecule has 9 nitrogen and oxygen atoms in total. The molecule has 0 radical (unpaired) electrons. The number of ether oxygens (including phenoxy) is 3. The van der Waals surface area contributed by atoms with Gasteiger partial charge in [0.25, 0.3) is 0 Å². The number of hydrogen-bond acceptors (Lipinski definition) is 8. The normalized spacial score (nSPS) is 13.1. The fourth-order valence-corrected chi connectivity index (χ4v) is 8.32. The highest BCUT2D eigenvalue weighted by molar-refractivity contribution is 6.60. The minimum atomic E-state index is -2.77. The van der Waals surface area contributed by atoms with Crippen molar-refractivity contribution in [1.29, 1.82) is 0 Å². The van der Waals surface area contributed by atoms with Crippen molar-refractivity contribution >= 4 is 8.80 Å². The van der Waals surface area contributed by atoms with Gasteiger partial charge in [-0.25, -0.2) is 0 Å². The highest BCUT2D eigenvalue weighted by Gasteiger charge is 2.40. The predicted octanol–water partition coefficient (Wildman–Crippen LogP) is 7.15. The van der Waals surface area contributed by atoms with Crippen LogP contribution in [0.25, 0.3) is 0 Å². The molecular formula is C36H78NO8Si+. The Morgan fingerprint density at radius 2 is 1.04 bits per heavy atom. The second kappa shape index (κ2) is 33.4. The van der Waals surface area contributed by atoms with Gasteiger partial charge in [0.1, 0.15) is 6.10 Å². The van der Waals surface area contributed by atoms with E-state index in [4.69, 9.17) is 32.6 Å². The van der Waals surface area contributed by atoms with E-state index in [1.54, 1.807) is 0 Å². The van der Waals surface area contributed by atoms with Crippen LogP contribution in [0.1, 0.15) is 130 Å². The highest BCUT2D eigenvalue weighted by atomic mass is 28.4. The van der Waals surface area contributed by atoms with Gasteiger partial charge in [-0.05, 0) is 26.7 Å². The number of hydrogen-bond donors (Lipinski definition) is 2. The summed E-state index contributed by atoms with van der Waals surface area (Å²) < 4.78 is 36.0. The van der Waals surface area contributed by atoms with Crippen LogP contribution in [0.2, 0.25) is 6.04 Å². The molecule has 1 unspecified atom stereocenters. The topological polar surface area (TPSA) is 95.8 Å². The summed E-state index contributed by atoms with van der Waals surface area (Å²) in [4.78, 5) is 0. The third-order valence-electron chi connectivity index (χ3n) is 8.47. The van der Waals surface area contributed by atoms with Gasteiger partial charge in [0.05, 0.1) is 80.0 Å². The Kier molecular flexibility index (Phi) is 33.3. The lowest BCUT2D eigenvalue weighted by atomic mass is 10.0. The van der Waals surface area contributed by atoms with Crippen molar-refractivity contribution in [3.63, 3.8) is 0 Å². The SMILES string of the molecule is CCCCCCCCCCCCCCCCCC[N+](C)(C)CCC[Si](OCC)(OCC)OCCOCCOC(CO)COCCO. The maximum atomic E-state index is 9.36. The smallest absolute Gasteiger partial charge is 0.394 e. The third-order valence-corrected chi connectivity index (χ3v) is 11.5. The van der Waals surface area contributed by atoms with E-state index in [9.17, 15) is 5.11 Å². The van der Waals surface area contributed by atoms with Crippen LogP contribution in [0.3, 0.4) is 0 Å². The molecule has 46 heavy (non-hydrogen) atoms. The number of unbranched alkanes of at least 4 members (excludes halogenated alkanes) is 15. The zero-order chi connectivity index (χ0) is 34.0. The van der Waals surface area contributed by atoms with E-state index >= 15 is 0 Å². The summed E-state index contributed by atoms with van der Waals surface area (Å²) in [6.45, 7) is 11.6. The van der Waals surface area contributed by atoms with Crippen LogP contribution >= 0.6 is 0 Å². The molecule has 0 aliphatic heterocycles. The molecule has 0 fully saturated rings. The second-order valence-corrected chi connectivity index (χ2v) is 16.0. The van der Waals surface area contributed by atoms with Crippen molar-refractivity contribution < 1.29 is 42.2 Å². The van der Waals surface area contributed by atoms with Gasteiger partial charge in [-0.1, -0.05) is 96.8 Å². The molecule has 0 aromatic heterocycles. The maximum Gasteiger partial charge on any atom is 0.501 e. The first-order valence-electron chi connectivity index (χ1n) is 19.1. The number of aliphatic hydroxyl groups excluding tert-OH is 2. The average molecular weight is 681 g/mol. The first-order valence-corrected chi connectivity index (χ1v) is 21.0. The van der Waals surface area contributed by atoms with Gasteiger partial charge in [0, 0.05) is 25.7 Å². The van der Waals surface area contributed by atoms with Gasteiger partial charge >= 0.3 is 8.80 Å². The molecule has 0 bridgehead atoms. The van der Waals surface area contributed by atoms with Crippen LogP contribution in [-0.4, -0.2) is 123 Å². The van der Waals surface area contributed by atoms with Gasteiger partial charge in [0.15, 0.2) is 0 Å². The molecule has 0 amide bonds. The first kappa shape index (κ1) is 45.9. The summed E-state index contributed by atoms with van der Waals surface area (Å²) >= 11 is 0. The monoisotopic (exact) mass is 681 g/mol. The summed E-state index contributed by atoms with van der Waals surface area (Å²) in [5, 5.41) is 18.2. The van der Waals surface area contributed by atoms with Crippen molar-refractivity contribution in [2.45, 2.75) is 142 Å². The maximum absolute atomic E-state index is 9.36. The lowest BCUT2D eigenvalue weighted by Gasteiger charge is -2.33. The molecule has 2 N–H and O–H groups in total. The molecule has 0 saturated heterocycles. The molecule has 0 aliphatic carbocycles. The minimum absolute atomic E-state index is 0.0496. The van der Waals surface area contributed by atoms with E-state index in [0.717, 1.165) is 23.5 Å². The molecule has 10 heteroatoms. The fraction of sp³-hybridized carbons (Fsp3) is 1.00. The van der Waals surface area contributed by atoms with Gasteiger partial charge in [-0.2, -0.15) is 0 Å². The average Bonchev–Trinajstić information content (AvgIpc) is 3.03. The Hall–Kier alpha value is -0.143. The van der Waals surface area contributed by atoms with Gasteiger partial charge in [0.2, 0.25) is 0 Å². The summed E-state index contributed by atoms with van der Waals surface area (Å²) in [5.41, 5.74) is 0. The molecule has 278 valence electrons. The number of quaternary nitrogens is 1. The zero-order valence-corrected chi connectivity index (χ0v) is 32.1. The Morgan fingerprint density at radius 1 is 0.543 bits per heavy atom. The van der Waals surface area contributed by atoms with Gasteiger partial charge in [-0.15, -0.1) is 0 Å². The van der Waals surface area contributed by atoms with Gasteiger partial charge in [-0.3, -0.25) is 0 Å². The summed E-state index contributed by atoms with van der Waals surface area (Å²) in [7, 11) is 1.91. The number of nitrogens with zero attached hydrogens (tertiary/aromatic N) is 1. The Labute approximate surface area is 286 Å². The summed E-state index contributed by atoms with van der Waals surface area (Å²) in [5.74, 6) is 0. The molecule has 0 aromatic rings. The van der Waals surface area contributed by atoms with E-state index < -0.39 is 14.9 Å². The Bertz CT molecular complexity index is 611. The molecule has 0 rings (SSSR count). The van der Waals surface area contributed by atoms with Crippen molar-refractivity contribution in [3.8, 4) is 0 Å². The molecule has 0 saturated carbocycles. The minimum Gasteiger partial charge on any atom is -0.394 e. The largest absolute Gasteiger partial charge is 0.501 e. The van der Waals surface area contributed by atoms with Crippen LogP contribution in [0.5, 0.6) is 0 Å². The van der Waals surface area contributed by atoms with E-state index in [-0.39, 0.29) is 26.4 Å². The molecule has 0 aromatic carbocycles. The van der Waals surface area contributed by atoms with E-state index in [2.05, 4.69) is 21.0 Å². The molecular weight excluding hydrogens is 602 g/mol. The lowest BCUT2D eigenvalue weighted by Crippen LogP contribution is -2.48. The van der Waals surface area contributed by atoms with Crippen LogP contribution < -0.4 is 0 Å². The number of aliphatic hydroxyl groups is 2. The van der Waals surface area contributed by atoms with E-state index in [1.165, 1.54) is 109 Å². The van der Waals surface area contributed by atoms with Crippen molar-refractivity contribution in [2.24, 2.45) is 0 Å². The predicted molar refractivity (Wildman–Crippen MR) is 191 cm³/mol. The van der Waals surface area contributed by atoms with Crippen LogP contribution in [0, 0.1) is 0 Å². The van der Waals surface area contributed by atoms with Crippen molar-refractivity contribution in [2.75, 3.05) is 93.3 Å². The Morgan fingerprint density at radius 3 is 1.54 bits per heavy atom. The standard InChI is InChI=1S/C36H78NO8Si/c1-6-9-10-11-12-13-14-15-16-17-18-19-20-21-22-23-25-37(4,5)26-24-33-46(43-7-2,44-8-3)45-32-30-40-29-31-42-36(34-39)35-41-28-27-38/h36,38-39H,6-35H2,1-5H3/q+1. The Balaban J connectivity index is 4.05. The van der Waals surface area contributed by atoms with Crippen molar-refractivity contribution in [1.82, 2.24) is 0 Å². The van der Waals surface area contributed by atoms with Crippen LogP contribution in [0.4, 0.5) is 0 Å². The summed E-state index contributed by atoms with van der Waals surface area (Å²) in [6.07, 6.45) is 23.1.